The fourth-order valence-corrected chi connectivity index (χ4v) is 3.47. The van der Waals surface area contributed by atoms with Crippen LogP contribution in [-0.4, -0.2) is 38.2 Å². The van der Waals surface area contributed by atoms with E-state index < -0.39 is 0 Å². The Kier molecular flexibility index (Phi) is 4.13. The lowest BCUT2D eigenvalue weighted by atomic mass is 9.89. The van der Waals surface area contributed by atoms with Gasteiger partial charge in [-0.3, -0.25) is 10.00 Å². The molecule has 1 fully saturated rings. The highest BCUT2D eigenvalue weighted by molar-refractivity contribution is 5.65. The third-order valence-corrected chi connectivity index (χ3v) is 4.73. The van der Waals surface area contributed by atoms with Gasteiger partial charge in [0.2, 0.25) is 0 Å². The number of piperidine rings is 1. The normalized spacial score (nSPS) is 16.5. The van der Waals surface area contributed by atoms with Crippen molar-refractivity contribution in [2.45, 2.75) is 25.3 Å². The number of nitrogens with zero attached hydrogens (tertiary/aromatic N) is 3. The van der Waals surface area contributed by atoms with Gasteiger partial charge in [-0.05, 0) is 43.6 Å². The molecule has 5 nitrogen and oxygen atoms in total. The van der Waals surface area contributed by atoms with Gasteiger partial charge in [0.1, 0.15) is 11.6 Å². The predicted octanol–water partition coefficient (Wildman–Crippen LogP) is 3.32. The summed E-state index contributed by atoms with van der Waals surface area (Å²) in [5, 5.41) is 7.35. The molecule has 3 heterocycles. The van der Waals surface area contributed by atoms with Gasteiger partial charge in [-0.15, -0.1) is 0 Å². The van der Waals surface area contributed by atoms with Crippen molar-refractivity contribution in [1.82, 2.24) is 25.1 Å². The summed E-state index contributed by atoms with van der Waals surface area (Å²) >= 11 is 0. The van der Waals surface area contributed by atoms with Gasteiger partial charge in [-0.2, -0.15) is 5.10 Å². The van der Waals surface area contributed by atoms with Gasteiger partial charge in [-0.1, -0.05) is 12.1 Å². The monoisotopic (exact) mass is 325 g/mol. The Labute approximate surface area is 139 Å². The van der Waals surface area contributed by atoms with Crippen molar-refractivity contribution < 1.29 is 4.39 Å². The second-order valence-corrected chi connectivity index (χ2v) is 6.29. The molecule has 0 aliphatic carbocycles. The number of rotatable bonds is 4. The van der Waals surface area contributed by atoms with Crippen molar-refractivity contribution >= 4 is 0 Å². The van der Waals surface area contributed by atoms with Crippen LogP contribution in [0.25, 0.3) is 11.1 Å². The Morgan fingerprint density at radius 2 is 2.12 bits per heavy atom. The third-order valence-electron chi connectivity index (χ3n) is 4.73. The van der Waals surface area contributed by atoms with Crippen molar-refractivity contribution in [2.24, 2.45) is 0 Å². The minimum Gasteiger partial charge on any atom is -0.348 e. The first-order chi connectivity index (χ1) is 11.8. The topological polar surface area (TPSA) is 60.6 Å². The quantitative estimate of drug-likeness (QED) is 0.773. The average Bonchev–Trinajstić information content (AvgIpc) is 3.27. The Morgan fingerprint density at radius 3 is 2.88 bits per heavy atom. The van der Waals surface area contributed by atoms with E-state index in [0.29, 0.717) is 5.92 Å². The highest BCUT2D eigenvalue weighted by Gasteiger charge is 2.24. The molecule has 0 amide bonds. The molecule has 1 aliphatic rings. The number of benzene rings is 1. The maximum Gasteiger partial charge on any atom is 0.123 e. The first-order valence-corrected chi connectivity index (χ1v) is 8.29. The van der Waals surface area contributed by atoms with Crippen LogP contribution in [-0.2, 0) is 6.54 Å². The van der Waals surface area contributed by atoms with E-state index >= 15 is 0 Å². The summed E-state index contributed by atoms with van der Waals surface area (Å²) in [4.78, 5) is 9.86. The largest absolute Gasteiger partial charge is 0.348 e. The summed E-state index contributed by atoms with van der Waals surface area (Å²) in [5.41, 5.74) is 3.02. The first-order valence-electron chi connectivity index (χ1n) is 8.29. The number of likely N-dealkylation sites (tertiary alicyclic amines) is 1. The molecule has 124 valence electrons. The summed E-state index contributed by atoms with van der Waals surface area (Å²) in [7, 11) is 0. The Balaban J connectivity index is 1.46. The van der Waals surface area contributed by atoms with Crippen LogP contribution in [0.5, 0.6) is 0 Å². The van der Waals surface area contributed by atoms with Crippen LogP contribution >= 0.6 is 0 Å². The van der Waals surface area contributed by atoms with Crippen molar-refractivity contribution in [2.75, 3.05) is 13.1 Å². The first kappa shape index (κ1) is 15.1. The molecule has 3 aromatic rings. The van der Waals surface area contributed by atoms with E-state index in [-0.39, 0.29) is 5.82 Å². The maximum absolute atomic E-state index is 13.5. The van der Waals surface area contributed by atoms with Crippen LogP contribution in [0.4, 0.5) is 4.39 Å². The van der Waals surface area contributed by atoms with Crippen LogP contribution in [0.1, 0.15) is 30.3 Å². The third kappa shape index (κ3) is 3.10. The van der Waals surface area contributed by atoms with Gasteiger partial charge in [0.15, 0.2) is 0 Å². The second kappa shape index (κ2) is 6.57. The van der Waals surface area contributed by atoms with Gasteiger partial charge >= 0.3 is 0 Å². The van der Waals surface area contributed by atoms with Gasteiger partial charge in [0.25, 0.3) is 0 Å². The standard InChI is InChI=1S/C18H20FN5/c19-15-3-1-2-14(10-15)16-11-22-23-18(16)13-4-8-24(9-5-13)12-17-20-6-7-21-17/h1-3,6-7,10-11,13H,4-5,8-9,12H2,(H,20,21)(H,22,23). The van der Waals surface area contributed by atoms with E-state index in [2.05, 4.69) is 25.1 Å². The summed E-state index contributed by atoms with van der Waals surface area (Å²) in [6, 6.07) is 6.72. The van der Waals surface area contributed by atoms with E-state index in [1.54, 1.807) is 24.5 Å². The molecule has 6 heteroatoms. The molecular formula is C18H20FN5. The van der Waals surface area contributed by atoms with Crippen LogP contribution in [0.3, 0.4) is 0 Å². The fraction of sp³-hybridized carbons (Fsp3) is 0.333. The number of aromatic amines is 2. The Hall–Kier alpha value is -2.47. The highest BCUT2D eigenvalue weighted by atomic mass is 19.1. The lowest BCUT2D eigenvalue weighted by Gasteiger charge is -2.31. The minimum atomic E-state index is -0.215. The van der Waals surface area contributed by atoms with Crippen LogP contribution in [0.15, 0.2) is 42.9 Å². The van der Waals surface area contributed by atoms with Gasteiger partial charge in [-0.25, -0.2) is 9.37 Å². The molecule has 0 atom stereocenters. The minimum absolute atomic E-state index is 0.215. The number of aromatic nitrogens is 4. The Bertz CT molecular complexity index is 787. The molecule has 0 radical (unpaired) electrons. The zero-order chi connectivity index (χ0) is 16.4. The lowest BCUT2D eigenvalue weighted by molar-refractivity contribution is 0.199. The summed E-state index contributed by atoms with van der Waals surface area (Å²) < 4.78 is 13.5. The van der Waals surface area contributed by atoms with E-state index in [0.717, 1.165) is 55.1 Å². The summed E-state index contributed by atoms with van der Waals surface area (Å²) in [6.07, 6.45) is 7.58. The van der Waals surface area contributed by atoms with Crippen LogP contribution < -0.4 is 0 Å². The van der Waals surface area contributed by atoms with E-state index in [4.69, 9.17) is 0 Å². The average molecular weight is 325 g/mol. The number of nitrogens with one attached hydrogen (secondary N) is 2. The maximum atomic E-state index is 13.5. The molecular weight excluding hydrogens is 305 g/mol. The van der Waals surface area contributed by atoms with E-state index in [1.165, 1.54) is 6.07 Å². The second-order valence-electron chi connectivity index (χ2n) is 6.29. The molecule has 4 rings (SSSR count). The predicted molar refractivity (Wildman–Crippen MR) is 89.8 cm³/mol. The van der Waals surface area contributed by atoms with E-state index in [9.17, 15) is 4.39 Å². The van der Waals surface area contributed by atoms with Gasteiger partial charge < -0.3 is 4.98 Å². The van der Waals surface area contributed by atoms with Gasteiger partial charge in [0, 0.05) is 29.6 Å². The molecule has 2 N–H and O–H groups in total. The van der Waals surface area contributed by atoms with Crippen molar-refractivity contribution in [3.05, 3.63) is 60.2 Å². The molecule has 0 unspecified atom stereocenters. The highest BCUT2D eigenvalue weighted by Crippen LogP contribution is 2.34. The number of H-pyrrole nitrogens is 2. The van der Waals surface area contributed by atoms with E-state index in [1.807, 2.05) is 12.3 Å². The number of hydrogen-bond acceptors (Lipinski definition) is 3. The van der Waals surface area contributed by atoms with Crippen LogP contribution in [0.2, 0.25) is 0 Å². The molecule has 0 saturated carbocycles. The molecule has 0 spiro atoms. The number of halogens is 1. The molecule has 1 aromatic carbocycles. The molecule has 2 aromatic heterocycles. The van der Waals surface area contributed by atoms with Crippen molar-refractivity contribution in [3.63, 3.8) is 0 Å². The SMILES string of the molecule is Fc1cccc(-c2cn[nH]c2C2CCN(Cc3ncc[nH]3)CC2)c1. The fourth-order valence-electron chi connectivity index (χ4n) is 3.47. The Morgan fingerprint density at radius 1 is 1.25 bits per heavy atom. The van der Waals surface area contributed by atoms with Crippen molar-refractivity contribution in [1.29, 1.82) is 0 Å². The zero-order valence-electron chi connectivity index (χ0n) is 13.4. The number of hydrogen-bond donors (Lipinski definition) is 2. The molecule has 0 bridgehead atoms. The molecule has 1 aliphatic heterocycles. The van der Waals surface area contributed by atoms with Crippen LogP contribution in [0, 0.1) is 5.82 Å². The summed E-state index contributed by atoms with van der Waals surface area (Å²) in [5.74, 6) is 1.22. The molecule has 24 heavy (non-hydrogen) atoms. The smallest absolute Gasteiger partial charge is 0.123 e. The lowest BCUT2D eigenvalue weighted by Crippen LogP contribution is -2.33. The summed E-state index contributed by atoms with van der Waals surface area (Å²) in [6.45, 7) is 2.90. The van der Waals surface area contributed by atoms with Gasteiger partial charge in [0.05, 0.1) is 12.7 Å². The zero-order valence-corrected chi connectivity index (χ0v) is 13.4. The van der Waals surface area contributed by atoms with Crippen molar-refractivity contribution in [3.8, 4) is 11.1 Å². The number of imidazole rings is 1. The molecule has 1 saturated heterocycles.